The van der Waals surface area contributed by atoms with Crippen molar-refractivity contribution in [1.29, 1.82) is 0 Å². The molecule has 0 N–H and O–H groups in total. The standard InChI is InChI=1S/C18H23N3OS/c1-20(2)16-8-6-15(7-9-16)13-21(14-17-5-3-11-22-17)18-19-10-4-12-23-18/h3,5-9,11H,4,10,12-14H2,1-2H3. The van der Waals surface area contributed by atoms with E-state index in [1.54, 1.807) is 6.26 Å². The van der Waals surface area contributed by atoms with Crippen LogP contribution in [-0.2, 0) is 13.1 Å². The molecule has 1 aliphatic heterocycles. The van der Waals surface area contributed by atoms with Crippen molar-refractivity contribution in [1.82, 2.24) is 4.90 Å². The summed E-state index contributed by atoms with van der Waals surface area (Å²) >= 11 is 1.85. The summed E-state index contributed by atoms with van der Waals surface area (Å²) in [5.41, 5.74) is 2.51. The Morgan fingerprint density at radius 2 is 1.96 bits per heavy atom. The van der Waals surface area contributed by atoms with E-state index in [1.165, 1.54) is 17.7 Å². The van der Waals surface area contributed by atoms with Crippen LogP contribution in [0.4, 0.5) is 5.69 Å². The van der Waals surface area contributed by atoms with Gasteiger partial charge in [-0.2, -0.15) is 0 Å². The predicted molar refractivity (Wildman–Crippen MR) is 98.1 cm³/mol. The molecular weight excluding hydrogens is 306 g/mol. The molecule has 1 aliphatic rings. The first kappa shape index (κ1) is 16.0. The number of hydrogen-bond acceptors (Lipinski definition) is 5. The maximum atomic E-state index is 5.53. The molecule has 0 fully saturated rings. The smallest absolute Gasteiger partial charge is 0.159 e. The van der Waals surface area contributed by atoms with Crippen LogP contribution in [0.3, 0.4) is 0 Å². The Kier molecular flexibility index (Phi) is 5.28. The van der Waals surface area contributed by atoms with E-state index in [1.807, 2.05) is 23.9 Å². The molecule has 0 atom stereocenters. The van der Waals surface area contributed by atoms with Crippen molar-refractivity contribution in [3.8, 4) is 0 Å². The highest BCUT2D eigenvalue weighted by Gasteiger charge is 2.17. The first-order valence-electron chi connectivity index (χ1n) is 7.93. The first-order valence-corrected chi connectivity index (χ1v) is 8.92. The summed E-state index contributed by atoms with van der Waals surface area (Å²) in [5, 5.41) is 1.13. The maximum Gasteiger partial charge on any atom is 0.159 e. The van der Waals surface area contributed by atoms with Gasteiger partial charge in [0.2, 0.25) is 0 Å². The van der Waals surface area contributed by atoms with Gasteiger partial charge < -0.3 is 14.2 Å². The Morgan fingerprint density at radius 1 is 1.13 bits per heavy atom. The van der Waals surface area contributed by atoms with Gasteiger partial charge in [-0.25, -0.2) is 0 Å². The number of rotatable bonds is 5. The zero-order valence-electron chi connectivity index (χ0n) is 13.7. The van der Waals surface area contributed by atoms with Crippen molar-refractivity contribution in [2.75, 3.05) is 31.3 Å². The summed E-state index contributed by atoms with van der Waals surface area (Å²) in [6.45, 7) is 2.53. The van der Waals surface area contributed by atoms with Crippen molar-refractivity contribution in [3.05, 3.63) is 54.0 Å². The normalized spacial score (nSPS) is 14.4. The fourth-order valence-electron chi connectivity index (χ4n) is 2.54. The molecule has 5 heteroatoms. The van der Waals surface area contributed by atoms with Gasteiger partial charge in [0.1, 0.15) is 5.76 Å². The zero-order valence-corrected chi connectivity index (χ0v) is 14.6. The van der Waals surface area contributed by atoms with Crippen molar-refractivity contribution in [2.24, 2.45) is 4.99 Å². The lowest BCUT2D eigenvalue weighted by molar-refractivity contribution is 0.360. The molecule has 1 aromatic heterocycles. The number of aliphatic imine (C=N–C) groups is 1. The van der Waals surface area contributed by atoms with Crippen molar-refractivity contribution in [3.63, 3.8) is 0 Å². The van der Waals surface area contributed by atoms with Crippen LogP contribution in [0, 0.1) is 0 Å². The van der Waals surface area contributed by atoms with Crippen LogP contribution < -0.4 is 4.90 Å². The highest BCUT2D eigenvalue weighted by atomic mass is 32.2. The third kappa shape index (κ3) is 4.32. The summed E-state index contributed by atoms with van der Waals surface area (Å²) in [6.07, 6.45) is 2.90. The summed E-state index contributed by atoms with van der Waals surface area (Å²) in [7, 11) is 4.12. The molecule has 1 aromatic carbocycles. The van der Waals surface area contributed by atoms with Gasteiger partial charge in [0.15, 0.2) is 5.17 Å². The lowest BCUT2D eigenvalue weighted by atomic mass is 10.2. The van der Waals surface area contributed by atoms with E-state index in [-0.39, 0.29) is 0 Å². The number of thioether (sulfide) groups is 1. The lowest BCUT2D eigenvalue weighted by Crippen LogP contribution is -2.29. The Bertz CT molecular complexity index is 635. The van der Waals surface area contributed by atoms with Crippen LogP contribution >= 0.6 is 11.8 Å². The minimum Gasteiger partial charge on any atom is -0.467 e. The van der Waals surface area contributed by atoms with Crippen LogP contribution in [0.25, 0.3) is 0 Å². The fourth-order valence-corrected chi connectivity index (χ4v) is 3.49. The van der Waals surface area contributed by atoms with Gasteiger partial charge in [0.05, 0.1) is 12.8 Å². The zero-order chi connectivity index (χ0) is 16.1. The highest BCUT2D eigenvalue weighted by Crippen LogP contribution is 2.21. The van der Waals surface area contributed by atoms with E-state index in [4.69, 9.17) is 9.41 Å². The van der Waals surface area contributed by atoms with Gasteiger partial charge in [-0.1, -0.05) is 23.9 Å². The highest BCUT2D eigenvalue weighted by molar-refractivity contribution is 8.13. The third-order valence-corrected chi connectivity index (χ3v) is 4.94. The largest absolute Gasteiger partial charge is 0.467 e. The number of hydrogen-bond donors (Lipinski definition) is 0. The van der Waals surface area contributed by atoms with E-state index in [9.17, 15) is 0 Å². The summed E-state index contributed by atoms with van der Waals surface area (Å²) < 4.78 is 5.53. The molecule has 23 heavy (non-hydrogen) atoms. The molecule has 0 bridgehead atoms. The summed E-state index contributed by atoms with van der Waals surface area (Å²) in [4.78, 5) is 9.14. The molecule has 4 nitrogen and oxygen atoms in total. The van der Waals surface area contributed by atoms with Crippen molar-refractivity contribution < 1.29 is 4.42 Å². The number of amidine groups is 1. The van der Waals surface area contributed by atoms with Gasteiger partial charge in [-0.15, -0.1) is 0 Å². The van der Waals surface area contributed by atoms with E-state index in [2.05, 4.69) is 48.2 Å². The molecule has 0 amide bonds. The molecule has 122 valence electrons. The number of furan rings is 1. The molecule has 0 saturated heterocycles. The van der Waals surface area contributed by atoms with Crippen LogP contribution in [-0.4, -0.2) is 36.5 Å². The second-order valence-electron chi connectivity index (χ2n) is 5.86. The molecule has 0 radical (unpaired) electrons. The molecule has 3 rings (SSSR count). The minimum atomic E-state index is 0.758. The van der Waals surface area contributed by atoms with Crippen molar-refractivity contribution >= 4 is 22.6 Å². The Hall–Kier alpha value is -1.88. The monoisotopic (exact) mass is 329 g/mol. The quantitative estimate of drug-likeness (QED) is 0.834. The van der Waals surface area contributed by atoms with Gasteiger partial charge in [-0.05, 0) is 36.2 Å². The lowest BCUT2D eigenvalue weighted by Gasteiger charge is -2.27. The fraction of sp³-hybridized carbons (Fsp3) is 0.389. The minimum absolute atomic E-state index is 0.758. The average Bonchev–Trinajstić information content (AvgIpc) is 3.09. The van der Waals surface area contributed by atoms with E-state index in [0.717, 1.165) is 36.3 Å². The first-order chi connectivity index (χ1) is 11.2. The maximum absolute atomic E-state index is 5.53. The van der Waals surface area contributed by atoms with Crippen LogP contribution in [0.1, 0.15) is 17.7 Å². The molecule has 2 aromatic rings. The Balaban J connectivity index is 1.75. The molecule has 0 aliphatic carbocycles. The predicted octanol–water partition coefficient (Wildman–Crippen LogP) is 3.84. The van der Waals surface area contributed by atoms with Crippen LogP contribution in [0.5, 0.6) is 0 Å². The van der Waals surface area contributed by atoms with Crippen LogP contribution in [0.15, 0.2) is 52.1 Å². The molecular formula is C18H23N3OS. The average molecular weight is 329 g/mol. The van der Waals surface area contributed by atoms with E-state index >= 15 is 0 Å². The molecule has 0 saturated carbocycles. The second kappa shape index (κ2) is 7.59. The van der Waals surface area contributed by atoms with Crippen LogP contribution in [0.2, 0.25) is 0 Å². The van der Waals surface area contributed by atoms with Gasteiger partial charge >= 0.3 is 0 Å². The molecule has 0 unspecified atom stereocenters. The third-order valence-electron chi connectivity index (χ3n) is 3.80. The Morgan fingerprint density at radius 3 is 2.57 bits per heavy atom. The summed E-state index contributed by atoms with van der Waals surface area (Å²) in [5.74, 6) is 2.12. The topological polar surface area (TPSA) is 32.0 Å². The molecule has 0 spiro atoms. The number of benzene rings is 1. The number of anilines is 1. The number of nitrogens with zero attached hydrogens (tertiary/aromatic N) is 3. The Labute approximate surface area is 142 Å². The second-order valence-corrected chi connectivity index (χ2v) is 6.92. The van der Waals surface area contributed by atoms with Gasteiger partial charge in [0.25, 0.3) is 0 Å². The van der Waals surface area contributed by atoms with E-state index in [0.29, 0.717) is 0 Å². The van der Waals surface area contributed by atoms with Gasteiger partial charge in [0, 0.05) is 38.6 Å². The summed E-state index contributed by atoms with van der Waals surface area (Å²) in [6, 6.07) is 12.7. The SMILES string of the molecule is CN(C)c1ccc(CN(Cc2ccco2)C2=NCCCS2)cc1. The van der Waals surface area contributed by atoms with Crippen molar-refractivity contribution in [2.45, 2.75) is 19.5 Å². The van der Waals surface area contributed by atoms with E-state index < -0.39 is 0 Å². The van der Waals surface area contributed by atoms with Gasteiger partial charge in [-0.3, -0.25) is 4.99 Å². The molecule has 2 heterocycles.